The molecule has 2 aromatic rings. The van der Waals surface area contributed by atoms with E-state index in [0.29, 0.717) is 6.04 Å². The molecule has 0 aromatic heterocycles. The third-order valence-corrected chi connectivity index (χ3v) is 3.46. The van der Waals surface area contributed by atoms with Gasteiger partial charge in [0.25, 0.3) is 0 Å². The summed E-state index contributed by atoms with van der Waals surface area (Å²) in [5.41, 5.74) is 9.07. The molecule has 1 aliphatic rings. The molecule has 0 radical (unpaired) electrons. The number of para-hydroxylation sites is 1. The molecule has 21 heavy (non-hydrogen) atoms. The van der Waals surface area contributed by atoms with Gasteiger partial charge in [-0.3, -0.25) is 0 Å². The Balaban J connectivity index is 0.00000110. The van der Waals surface area contributed by atoms with Crippen molar-refractivity contribution in [2.45, 2.75) is 19.0 Å². The van der Waals surface area contributed by atoms with Crippen molar-refractivity contribution in [1.82, 2.24) is 5.32 Å². The minimum atomic E-state index is 0. The van der Waals surface area contributed by atoms with Crippen LogP contribution in [-0.2, 0) is 6.54 Å². The van der Waals surface area contributed by atoms with Crippen LogP contribution < -0.4 is 15.8 Å². The highest BCUT2D eigenvalue weighted by Gasteiger charge is 2.20. The maximum absolute atomic E-state index is 5.80. The summed E-state index contributed by atoms with van der Waals surface area (Å²) in [5, 5.41) is 3.59. The number of hydrogen-bond donors (Lipinski definition) is 2. The van der Waals surface area contributed by atoms with E-state index in [-0.39, 0.29) is 24.8 Å². The fourth-order valence-electron chi connectivity index (χ4n) is 2.50. The molecule has 0 saturated carbocycles. The lowest BCUT2D eigenvalue weighted by Crippen LogP contribution is -2.26. The smallest absolute Gasteiger partial charge is 0.124 e. The molecule has 114 valence electrons. The van der Waals surface area contributed by atoms with Crippen LogP contribution in [0.2, 0.25) is 0 Å². The number of halogens is 2. The molecule has 0 spiro atoms. The Hall–Kier alpha value is -1.42. The number of hydrogen-bond acceptors (Lipinski definition) is 3. The van der Waals surface area contributed by atoms with Crippen LogP contribution in [0.1, 0.15) is 23.6 Å². The van der Waals surface area contributed by atoms with Crippen molar-refractivity contribution in [3.05, 3.63) is 59.7 Å². The first kappa shape index (κ1) is 17.6. The number of fused-ring (bicyclic) bond motifs is 1. The summed E-state index contributed by atoms with van der Waals surface area (Å²) in [6.45, 7) is 1.59. The molecular weight excluding hydrogens is 307 g/mol. The predicted molar refractivity (Wildman–Crippen MR) is 91.5 cm³/mol. The Morgan fingerprint density at radius 1 is 1.10 bits per heavy atom. The maximum atomic E-state index is 5.80. The van der Waals surface area contributed by atoms with Crippen LogP contribution in [0.5, 0.6) is 5.75 Å². The van der Waals surface area contributed by atoms with E-state index in [2.05, 4.69) is 23.5 Å². The van der Waals surface area contributed by atoms with Crippen LogP contribution in [0.25, 0.3) is 0 Å². The fourth-order valence-corrected chi connectivity index (χ4v) is 2.50. The van der Waals surface area contributed by atoms with Crippen molar-refractivity contribution in [2.75, 3.05) is 12.3 Å². The Morgan fingerprint density at radius 3 is 2.71 bits per heavy atom. The summed E-state index contributed by atoms with van der Waals surface area (Å²) in [7, 11) is 0. The van der Waals surface area contributed by atoms with E-state index in [1.54, 1.807) is 0 Å². The van der Waals surface area contributed by atoms with E-state index in [9.17, 15) is 0 Å². The highest BCUT2D eigenvalue weighted by molar-refractivity contribution is 5.85. The van der Waals surface area contributed by atoms with E-state index >= 15 is 0 Å². The first-order valence-corrected chi connectivity index (χ1v) is 6.62. The minimum Gasteiger partial charge on any atom is -0.493 e. The molecule has 3 N–H and O–H groups in total. The Labute approximate surface area is 137 Å². The van der Waals surface area contributed by atoms with Gasteiger partial charge in [-0.15, -0.1) is 24.8 Å². The van der Waals surface area contributed by atoms with Gasteiger partial charge in [0.1, 0.15) is 5.75 Å². The van der Waals surface area contributed by atoms with Crippen LogP contribution >= 0.6 is 24.8 Å². The Morgan fingerprint density at radius 2 is 1.90 bits per heavy atom. The van der Waals surface area contributed by atoms with Gasteiger partial charge in [-0.25, -0.2) is 0 Å². The first-order valence-electron chi connectivity index (χ1n) is 6.62. The number of ether oxygens (including phenoxy) is 1. The maximum Gasteiger partial charge on any atom is 0.124 e. The molecule has 0 amide bonds. The van der Waals surface area contributed by atoms with E-state index in [1.807, 2.05) is 30.3 Å². The zero-order chi connectivity index (χ0) is 13.1. The summed E-state index contributed by atoms with van der Waals surface area (Å²) in [6.07, 6.45) is 0.999. The normalized spacial score (nSPS) is 15.9. The predicted octanol–water partition coefficient (Wildman–Crippen LogP) is 3.73. The molecule has 3 nitrogen and oxygen atoms in total. The highest BCUT2D eigenvalue weighted by Crippen LogP contribution is 2.31. The van der Waals surface area contributed by atoms with Crippen molar-refractivity contribution >= 4 is 30.5 Å². The van der Waals surface area contributed by atoms with Crippen molar-refractivity contribution in [3.63, 3.8) is 0 Å². The van der Waals surface area contributed by atoms with E-state index in [4.69, 9.17) is 10.5 Å². The average Bonchev–Trinajstić information content (AvgIpc) is 2.45. The van der Waals surface area contributed by atoms with E-state index in [0.717, 1.165) is 31.0 Å². The lowest BCUT2D eigenvalue weighted by atomic mass is 10.0. The van der Waals surface area contributed by atoms with E-state index in [1.165, 1.54) is 11.1 Å². The highest BCUT2D eigenvalue weighted by atomic mass is 35.5. The Kier molecular flexibility index (Phi) is 6.82. The number of benzene rings is 2. The van der Waals surface area contributed by atoms with Gasteiger partial charge in [-0.2, -0.15) is 0 Å². The van der Waals surface area contributed by atoms with Crippen LogP contribution in [0.3, 0.4) is 0 Å². The molecule has 1 aliphatic heterocycles. The van der Waals surface area contributed by atoms with Crippen LogP contribution in [0.4, 0.5) is 5.69 Å². The van der Waals surface area contributed by atoms with Crippen LogP contribution in [0.15, 0.2) is 48.5 Å². The van der Waals surface area contributed by atoms with Gasteiger partial charge in [-0.1, -0.05) is 30.3 Å². The second-order valence-corrected chi connectivity index (χ2v) is 4.85. The van der Waals surface area contributed by atoms with Crippen molar-refractivity contribution in [3.8, 4) is 5.75 Å². The molecule has 0 fully saturated rings. The molecule has 0 bridgehead atoms. The zero-order valence-corrected chi connectivity index (χ0v) is 13.3. The number of nitrogens with one attached hydrogen (secondary N) is 1. The zero-order valence-electron chi connectivity index (χ0n) is 11.6. The molecule has 1 unspecified atom stereocenters. The van der Waals surface area contributed by atoms with Gasteiger partial charge in [0.2, 0.25) is 0 Å². The second kappa shape index (κ2) is 8.13. The second-order valence-electron chi connectivity index (χ2n) is 4.85. The standard InChI is InChI=1S/C16H18N2O.2ClH/c17-13-5-3-4-12(10-13)11-18-15-8-9-19-16-7-2-1-6-14(15)16;;/h1-7,10,15,18H,8-9,11,17H2;2*1H. The van der Waals surface area contributed by atoms with Gasteiger partial charge in [-0.05, 0) is 23.8 Å². The molecule has 3 rings (SSSR count). The van der Waals surface area contributed by atoms with Gasteiger partial charge < -0.3 is 15.8 Å². The number of nitrogen functional groups attached to an aromatic ring is 1. The number of nitrogens with two attached hydrogens (primary N) is 1. The fraction of sp³-hybridized carbons (Fsp3) is 0.250. The molecule has 1 atom stereocenters. The van der Waals surface area contributed by atoms with Crippen molar-refractivity contribution in [1.29, 1.82) is 0 Å². The lowest BCUT2D eigenvalue weighted by Gasteiger charge is -2.26. The van der Waals surface area contributed by atoms with Gasteiger partial charge >= 0.3 is 0 Å². The van der Waals surface area contributed by atoms with Gasteiger partial charge in [0.05, 0.1) is 6.61 Å². The third-order valence-electron chi connectivity index (χ3n) is 3.46. The summed E-state index contributed by atoms with van der Waals surface area (Å²) in [5.74, 6) is 0.999. The van der Waals surface area contributed by atoms with Crippen LogP contribution in [0, 0.1) is 0 Å². The van der Waals surface area contributed by atoms with Crippen LogP contribution in [-0.4, -0.2) is 6.61 Å². The minimum absolute atomic E-state index is 0. The largest absolute Gasteiger partial charge is 0.493 e. The first-order chi connectivity index (χ1) is 9.33. The Bertz CT molecular complexity index is 578. The van der Waals surface area contributed by atoms with Gasteiger partial charge in [0, 0.05) is 30.3 Å². The average molecular weight is 327 g/mol. The number of anilines is 1. The number of rotatable bonds is 3. The monoisotopic (exact) mass is 326 g/mol. The molecule has 5 heteroatoms. The summed E-state index contributed by atoms with van der Waals surface area (Å²) < 4.78 is 5.66. The summed E-state index contributed by atoms with van der Waals surface area (Å²) in [4.78, 5) is 0. The SMILES string of the molecule is Cl.Cl.Nc1cccc(CNC2CCOc3ccccc32)c1. The van der Waals surface area contributed by atoms with E-state index < -0.39 is 0 Å². The van der Waals surface area contributed by atoms with Crippen molar-refractivity contribution in [2.24, 2.45) is 0 Å². The topological polar surface area (TPSA) is 47.3 Å². The van der Waals surface area contributed by atoms with Crippen molar-refractivity contribution < 1.29 is 4.74 Å². The summed E-state index contributed by atoms with van der Waals surface area (Å²) in [6, 6.07) is 16.6. The lowest BCUT2D eigenvalue weighted by molar-refractivity contribution is 0.252. The third kappa shape index (κ3) is 4.27. The molecule has 2 aromatic carbocycles. The van der Waals surface area contributed by atoms with Gasteiger partial charge in [0.15, 0.2) is 0 Å². The molecule has 1 heterocycles. The molecular formula is C16H20Cl2N2O. The molecule has 0 aliphatic carbocycles. The summed E-state index contributed by atoms with van der Waals surface area (Å²) >= 11 is 0. The molecule has 0 saturated heterocycles. The quantitative estimate of drug-likeness (QED) is 0.845.